The molecule has 77 heavy (non-hydrogen) atoms. The average Bonchev–Trinajstić information content (AvgIpc) is 3.39. The number of esters is 1. The van der Waals surface area contributed by atoms with E-state index in [2.05, 4.69) is 86.8 Å². The molecule has 0 rings (SSSR count). The minimum atomic E-state index is -4.70. The lowest BCUT2D eigenvalue weighted by Gasteiger charge is -2.30. The summed E-state index contributed by atoms with van der Waals surface area (Å²) in [5, 5.41) is 3.03. The van der Waals surface area contributed by atoms with Gasteiger partial charge in [0, 0.05) is 12.8 Å². The van der Waals surface area contributed by atoms with Crippen molar-refractivity contribution in [3.63, 3.8) is 0 Å². The number of amides is 1. The Morgan fingerprint density at radius 1 is 0.468 bits per heavy atom. The number of phosphoric ester groups is 1. The van der Waals surface area contributed by atoms with Gasteiger partial charge in [0.05, 0.1) is 33.8 Å². The van der Waals surface area contributed by atoms with E-state index >= 15 is 0 Å². The summed E-state index contributed by atoms with van der Waals surface area (Å²) < 4.78 is 30.4. The summed E-state index contributed by atoms with van der Waals surface area (Å²) in [4.78, 5) is 40.0. The molecule has 0 aliphatic heterocycles. The van der Waals surface area contributed by atoms with Crippen LogP contribution in [0.25, 0.3) is 0 Å². The molecule has 0 fully saturated rings. The summed E-state index contributed by atoms with van der Waals surface area (Å²) in [6.07, 6.45) is 72.9. The SMILES string of the molecule is CC/C=C\C/C=C\C/C=C\C/C=C\C/C=C\CCCCCCCCCC(=O)OC(/C=C/CCCCCCCCCCCCC)C(COP(=O)([O-])OCC[N+](C)(C)C)NC(=O)CCCCCCCCCCCCCCCCC. The van der Waals surface area contributed by atoms with Gasteiger partial charge in [-0.3, -0.25) is 14.2 Å². The molecule has 1 N–H and O–H groups in total. The van der Waals surface area contributed by atoms with E-state index in [0.29, 0.717) is 17.4 Å². The number of rotatable bonds is 58. The van der Waals surface area contributed by atoms with E-state index in [9.17, 15) is 19.0 Å². The summed E-state index contributed by atoms with van der Waals surface area (Å²) in [6.45, 7) is 6.75. The Morgan fingerprint density at radius 2 is 0.831 bits per heavy atom. The van der Waals surface area contributed by atoms with Crippen LogP contribution in [-0.2, 0) is 27.9 Å². The predicted molar refractivity (Wildman–Crippen MR) is 330 cm³/mol. The summed E-state index contributed by atoms with van der Waals surface area (Å²) in [6, 6.07) is -0.893. The molecule has 0 aromatic carbocycles. The number of hydrogen-bond donors (Lipinski definition) is 1. The first-order valence-corrected chi connectivity index (χ1v) is 33.7. The van der Waals surface area contributed by atoms with Crippen LogP contribution < -0.4 is 10.2 Å². The van der Waals surface area contributed by atoms with Crippen molar-refractivity contribution in [2.24, 2.45) is 0 Å². The van der Waals surface area contributed by atoms with Gasteiger partial charge in [0.2, 0.25) is 5.91 Å². The van der Waals surface area contributed by atoms with Crippen molar-refractivity contribution in [2.75, 3.05) is 40.9 Å². The Morgan fingerprint density at radius 3 is 1.25 bits per heavy atom. The van der Waals surface area contributed by atoms with Crippen molar-refractivity contribution < 1.29 is 37.3 Å². The van der Waals surface area contributed by atoms with Gasteiger partial charge in [-0.25, -0.2) is 0 Å². The van der Waals surface area contributed by atoms with Crippen LogP contribution >= 0.6 is 7.82 Å². The molecule has 1 amide bonds. The molecule has 0 bridgehead atoms. The fraction of sp³-hybridized carbons (Fsp3) is 0.791. The molecule has 10 heteroatoms. The number of allylic oxidation sites excluding steroid dienone is 11. The number of hydrogen-bond acceptors (Lipinski definition) is 7. The van der Waals surface area contributed by atoms with E-state index in [1.807, 2.05) is 33.3 Å². The van der Waals surface area contributed by atoms with Gasteiger partial charge in [-0.1, -0.05) is 274 Å². The molecular formula is C67H123N2O7P. The van der Waals surface area contributed by atoms with Gasteiger partial charge < -0.3 is 28.5 Å². The van der Waals surface area contributed by atoms with E-state index in [0.717, 1.165) is 103 Å². The van der Waals surface area contributed by atoms with Gasteiger partial charge in [0.25, 0.3) is 7.82 Å². The Kier molecular flexibility index (Phi) is 54.8. The third kappa shape index (κ3) is 57.9. The number of phosphoric acid groups is 1. The molecular weight excluding hydrogens is 976 g/mol. The lowest BCUT2D eigenvalue weighted by atomic mass is 10.0. The second-order valence-electron chi connectivity index (χ2n) is 22.9. The Hall–Kier alpha value is -2.55. The van der Waals surface area contributed by atoms with E-state index in [4.69, 9.17) is 13.8 Å². The maximum absolute atomic E-state index is 13.5. The number of ether oxygens (including phenoxy) is 1. The van der Waals surface area contributed by atoms with Crippen molar-refractivity contribution >= 4 is 19.7 Å². The third-order valence-corrected chi connectivity index (χ3v) is 15.1. The van der Waals surface area contributed by atoms with Gasteiger partial charge in [-0.05, 0) is 76.7 Å². The minimum absolute atomic E-state index is 0.0249. The van der Waals surface area contributed by atoms with Gasteiger partial charge >= 0.3 is 5.97 Å². The highest BCUT2D eigenvalue weighted by atomic mass is 31.2. The number of quaternary nitrogens is 1. The molecule has 0 saturated carbocycles. The zero-order valence-electron chi connectivity index (χ0n) is 51.2. The lowest BCUT2D eigenvalue weighted by molar-refractivity contribution is -0.870. The number of likely N-dealkylation sites (N-methyl/N-ethyl adjacent to an activating group) is 1. The van der Waals surface area contributed by atoms with Crippen LogP contribution in [0.5, 0.6) is 0 Å². The van der Waals surface area contributed by atoms with Gasteiger partial charge in [-0.2, -0.15) is 0 Å². The van der Waals surface area contributed by atoms with Gasteiger partial charge in [-0.15, -0.1) is 0 Å². The summed E-state index contributed by atoms with van der Waals surface area (Å²) in [5.74, 6) is -0.546. The van der Waals surface area contributed by atoms with Crippen LogP contribution in [0.4, 0.5) is 0 Å². The molecule has 3 unspecified atom stereocenters. The zero-order chi connectivity index (χ0) is 56.4. The van der Waals surface area contributed by atoms with Crippen molar-refractivity contribution in [2.45, 2.75) is 303 Å². The molecule has 9 nitrogen and oxygen atoms in total. The van der Waals surface area contributed by atoms with Crippen LogP contribution in [0.1, 0.15) is 290 Å². The average molecular weight is 1100 g/mol. The molecule has 3 atom stereocenters. The van der Waals surface area contributed by atoms with Crippen molar-refractivity contribution in [3.05, 3.63) is 72.9 Å². The molecule has 448 valence electrons. The minimum Gasteiger partial charge on any atom is -0.756 e. The highest BCUT2D eigenvalue weighted by Gasteiger charge is 2.27. The Balaban J connectivity index is 5.23. The Labute approximate surface area is 476 Å². The maximum atomic E-state index is 13.5. The highest BCUT2D eigenvalue weighted by Crippen LogP contribution is 2.38. The zero-order valence-corrected chi connectivity index (χ0v) is 52.0. The van der Waals surface area contributed by atoms with Crippen molar-refractivity contribution in [1.29, 1.82) is 0 Å². The molecule has 0 spiro atoms. The van der Waals surface area contributed by atoms with Crippen LogP contribution in [-0.4, -0.2) is 69.4 Å². The predicted octanol–water partition coefficient (Wildman–Crippen LogP) is 19.4. The maximum Gasteiger partial charge on any atom is 0.306 e. The summed E-state index contributed by atoms with van der Waals surface area (Å²) >= 11 is 0. The molecule has 0 aromatic rings. The molecule has 0 saturated heterocycles. The van der Waals surface area contributed by atoms with Crippen molar-refractivity contribution in [3.8, 4) is 0 Å². The molecule has 0 aliphatic rings. The quantitative estimate of drug-likeness (QED) is 0.0212. The monoisotopic (exact) mass is 1100 g/mol. The molecule has 0 radical (unpaired) electrons. The van der Waals surface area contributed by atoms with Gasteiger partial charge in [0.1, 0.15) is 19.3 Å². The van der Waals surface area contributed by atoms with Crippen LogP contribution in [0, 0.1) is 0 Å². The number of carbonyl (C=O) groups excluding carboxylic acids is 2. The smallest absolute Gasteiger partial charge is 0.306 e. The highest BCUT2D eigenvalue weighted by molar-refractivity contribution is 7.45. The van der Waals surface area contributed by atoms with E-state index in [-0.39, 0.29) is 24.9 Å². The number of carbonyl (C=O) groups is 2. The van der Waals surface area contributed by atoms with Crippen LogP contribution in [0.2, 0.25) is 0 Å². The number of nitrogens with zero attached hydrogens (tertiary/aromatic N) is 1. The van der Waals surface area contributed by atoms with Crippen LogP contribution in [0.3, 0.4) is 0 Å². The third-order valence-electron chi connectivity index (χ3n) is 14.2. The first-order valence-electron chi connectivity index (χ1n) is 32.2. The first kappa shape index (κ1) is 74.5. The Bertz CT molecular complexity index is 1550. The van der Waals surface area contributed by atoms with E-state index in [1.165, 1.54) is 154 Å². The van der Waals surface area contributed by atoms with Crippen LogP contribution in [0.15, 0.2) is 72.9 Å². The molecule has 0 heterocycles. The molecule has 0 aromatic heterocycles. The topological polar surface area (TPSA) is 114 Å². The standard InChI is InChI=1S/C67H123N2O7P/c1-7-10-13-16-19-22-25-28-30-31-32-33-34-35-36-37-39-42-45-48-51-54-57-60-67(71)76-65(58-55-52-49-46-43-40-27-24-21-18-15-12-9-3)64(63-75-77(72,73)74-62-61-69(4,5)6)68-66(70)59-56-53-50-47-44-41-38-29-26-23-20-17-14-11-8-2/h10,13,19,22,28,30,32-33,35-36,55,58,64-65H,7-9,11-12,14-18,20-21,23-27,29,31,34,37-54,56-57,59-63H2,1-6H3,(H-,68,70,72,73)/b13-10-,22-19-,30-28-,33-32-,36-35-,58-55+. The van der Waals surface area contributed by atoms with E-state index in [1.54, 1.807) is 0 Å². The fourth-order valence-electron chi connectivity index (χ4n) is 9.20. The number of unbranched alkanes of at least 4 members (excludes halogenated alkanes) is 32. The normalized spacial score (nSPS) is 14.1. The summed E-state index contributed by atoms with van der Waals surface area (Å²) in [5.41, 5.74) is 0. The largest absolute Gasteiger partial charge is 0.756 e. The van der Waals surface area contributed by atoms with Gasteiger partial charge in [0.15, 0.2) is 0 Å². The second kappa shape index (κ2) is 56.7. The fourth-order valence-corrected chi connectivity index (χ4v) is 9.92. The van der Waals surface area contributed by atoms with E-state index < -0.39 is 26.6 Å². The summed E-state index contributed by atoms with van der Waals surface area (Å²) in [7, 11) is 1.18. The lowest BCUT2D eigenvalue weighted by Crippen LogP contribution is -2.47. The first-order chi connectivity index (χ1) is 37.4. The number of nitrogens with one attached hydrogen (secondary N) is 1. The van der Waals surface area contributed by atoms with Crippen molar-refractivity contribution in [1.82, 2.24) is 5.32 Å². The second-order valence-corrected chi connectivity index (χ2v) is 24.3. The molecule has 0 aliphatic carbocycles.